The average Bonchev–Trinajstić information content (AvgIpc) is 2.52. The predicted molar refractivity (Wildman–Crippen MR) is 87.2 cm³/mol. The lowest BCUT2D eigenvalue weighted by Gasteiger charge is -2.07. The number of hydrogen-bond acceptors (Lipinski definition) is 2. The molecule has 0 atom stereocenters. The lowest BCUT2D eigenvalue weighted by atomic mass is 10.0. The Balaban J connectivity index is 1.94. The Morgan fingerprint density at radius 1 is 1.19 bits per heavy atom. The van der Waals surface area contributed by atoms with Crippen LogP contribution in [-0.2, 0) is 11.2 Å². The normalized spacial score (nSPS) is 10.6. The summed E-state index contributed by atoms with van der Waals surface area (Å²) in [6.07, 6.45) is 2.04. The first kappa shape index (κ1) is 15.6. The van der Waals surface area contributed by atoms with Crippen molar-refractivity contribution in [3.05, 3.63) is 42.0 Å². The summed E-state index contributed by atoms with van der Waals surface area (Å²) in [6, 6.07) is 12.4. The van der Waals surface area contributed by atoms with E-state index in [0.29, 0.717) is 18.8 Å². The smallest absolute Gasteiger partial charge is 0.220 e. The SMILES string of the molecule is COc1ccc2ccc(CCNC(=O)CCCCl)cc2c1. The van der Waals surface area contributed by atoms with Gasteiger partial charge < -0.3 is 10.1 Å². The molecule has 0 radical (unpaired) electrons. The van der Waals surface area contributed by atoms with Gasteiger partial charge in [0.05, 0.1) is 7.11 Å². The van der Waals surface area contributed by atoms with E-state index in [2.05, 4.69) is 23.5 Å². The molecule has 112 valence electrons. The predicted octanol–water partition coefficient (Wildman–Crippen LogP) is 3.53. The number of benzene rings is 2. The Kier molecular flexibility index (Phi) is 5.88. The van der Waals surface area contributed by atoms with E-state index >= 15 is 0 Å². The molecule has 21 heavy (non-hydrogen) atoms. The second-order valence-corrected chi connectivity index (χ2v) is 5.32. The summed E-state index contributed by atoms with van der Waals surface area (Å²) in [5.41, 5.74) is 1.20. The van der Waals surface area contributed by atoms with Gasteiger partial charge in [-0.3, -0.25) is 4.79 Å². The monoisotopic (exact) mass is 305 g/mol. The number of carbonyl (C=O) groups excluding carboxylic acids is 1. The van der Waals surface area contributed by atoms with Gasteiger partial charge in [-0.15, -0.1) is 11.6 Å². The molecule has 0 aliphatic rings. The van der Waals surface area contributed by atoms with E-state index < -0.39 is 0 Å². The Morgan fingerprint density at radius 3 is 2.76 bits per heavy atom. The molecule has 0 fully saturated rings. The summed E-state index contributed by atoms with van der Waals surface area (Å²) in [6.45, 7) is 0.649. The molecule has 0 aromatic heterocycles. The molecule has 0 unspecified atom stereocenters. The average molecular weight is 306 g/mol. The van der Waals surface area contributed by atoms with Crippen molar-refractivity contribution in [2.75, 3.05) is 19.5 Å². The molecule has 2 aromatic carbocycles. The maximum atomic E-state index is 11.5. The lowest BCUT2D eigenvalue weighted by molar-refractivity contribution is -0.121. The number of ether oxygens (including phenoxy) is 1. The van der Waals surface area contributed by atoms with Gasteiger partial charge in [0.15, 0.2) is 0 Å². The van der Waals surface area contributed by atoms with Crippen molar-refractivity contribution in [3.8, 4) is 5.75 Å². The van der Waals surface area contributed by atoms with Crippen LogP contribution in [0.3, 0.4) is 0 Å². The lowest BCUT2D eigenvalue weighted by Crippen LogP contribution is -2.25. The maximum absolute atomic E-state index is 11.5. The molecule has 0 aliphatic carbocycles. The summed E-state index contributed by atoms with van der Waals surface area (Å²) in [5.74, 6) is 1.45. The van der Waals surface area contributed by atoms with Gasteiger partial charge in [0.25, 0.3) is 0 Å². The highest BCUT2D eigenvalue weighted by Gasteiger charge is 2.02. The third-order valence-electron chi connectivity index (χ3n) is 3.39. The van der Waals surface area contributed by atoms with Crippen LogP contribution in [-0.4, -0.2) is 25.4 Å². The maximum Gasteiger partial charge on any atom is 0.220 e. The van der Waals surface area contributed by atoms with Crippen LogP contribution in [0.15, 0.2) is 36.4 Å². The second-order valence-electron chi connectivity index (χ2n) is 4.94. The van der Waals surface area contributed by atoms with Crippen LogP contribution >= 0.6 is 11.6 Å². The molecule has 0 heterocycles. The van der Waals surface area contributed by atoms with E-state index in [9.17, 15) is 4.79 Å². The fourth-order valence-corrected chi connectivity index (χ4v) is 2.35. The number of hydrogen-bond donors (Lipinski definition) is 1. The minimum atomic E-state index is 0.0677. The van der Waals surface area contributed by atoms with Crippen molar-refractivity contribution >= 4 is 28.3 Å². The highest BCUT2D eigenvalue weighted by atomic mass is 35.5. The van der Waals surface area contributed by atoms with Gasteiger partial charge in [-0.05, 0) is 41.3 Å². The van der Waals surface area contributed by atoms with Gasteiger partial charge in [0.2, 0.25) is 5.91 Å². The minimum Gasteiger partial charge on any atom is -0.497 e. The van der Waals surface area contributed by atoms with Crippen LogP contribution < -0.4 is 10.1 Å². The summed E-state index contributed by atoms with van der Waals surface area (Å²) in [5, 5.41) is 5.25. The topological polar surface area (TPSA) is 38.3 Å². The van der Waals surface area contributed by atoms with Crippen LogP contribution in [0.4, 0.5) is 0 Å². The quantitative estimate of drug-likeness (QED) is 0.795. The van der Waals surface area contributed by atoms with Crippen LogP contribution in [0.5, 0.6) is 5.75 Å². The summed E-state index contributed by atoms with van der Waals surface area (Å²) < 4.78 is 5.24. The van der Waals surface area contributed by atoms with Crippen molar-refractivity contribution in [3.63, 3.8) is 0 Å². The number of fused-ring (bicyclic) bond motifs is 1. The van der Waals surface area contributed by atoms with E-state index in [-0.39, 0.29) is 5.91 Å². The number of alkyl halides is 1. The van der Waals surface area contributed by atoms with Crippen molar-refractivity contribution in [1.29, 1.82) is 0 Å². The van der Waals surface area contributed by atoms with Crippen molar-refractivity contribution < 1.29 is 9.53 Å². The Bertz CT molecular complexity index is 613. The third-order valence-corrected chi connectivity index (χ3v) is 3.65. The van der Waals surface area contributed by atoms with Crippen LogP contribution in [0.1, 0.15) is 18.4 Å². The van der Waals surface area contributed by atoms with Crippen molar-refractivity contribution in [2.45, 2.75) is 19.3 Å². The molecule has 0 aliphatic heterocycles. The molecular formula is C17H20ClNO2. The summed E-state index contributed by atoms with van der Waals surface area (Å²) >= 11 is 5.57. The first-order valence-corrected chi connectivity index (χ1v) is 7.66. The number of carbonyl (C=O) groups is 1. The van der Waals surface area contributed by atoms with Gasteiger partial charge in [-0.25, -0.2) is 0 Å². The molecule has 1 amide bonds. The zero-order valence-corrected chi connectivity index (χ0v) is 13.0. The van der Waals surface area contributed by atoms with Gasteiger partial charge >= 0.3 is 0 Å². The molecule has 0 saturated carbocycles. The zero-order valence-electron chi connectivity index (χ0n) is 12.2. The van der Waals surface area contributed by atoms with Crippen LogP contribution in [0.25, 0.3) is 10.8 Å². The number of amides is 1. The molecular weight excluding hydrogens is 286 g/mol. The van der Waals surface area contributed by atoms with E-state index in [1.165, 1.54) is 10.9 Å². The molecule has 0 saturated heterocycles. The Hall–Kier alpha value is -1.74. The number of methoxy groups -OCH3 is 1. The molecule has 2 aromatic rings. The van der Waals surface area contributed by atoms with Gasteiger partial charge in [-0.1, -0.05) is 24.3 Å². The highest BCUT2D eigenvalue weighted by molar-refractivity contribution is 6.17. The van der Waals surface area contributed by atoms with Crippen molar-refractivity contribution in [1.82, 2.24) is 5.32 Å². The summed E-state index contributed by atoms with van der Waals surface area (Å²) in [7, 11) is 1.67. The first-order chi connectivity index (χ1) is 10.2. The minimum absolute atomic E-state index is 0.0677. The fourth-order valence-electron chi connectivity index (χ4n) is 2.22. The van der Waals surface area contributed by atoms with Crippen molar-refractivity contribution in [2.24, 2.45) is 0 Å². The second kappa shape index (κ2) is 7.89. The molecule has 1 N–H and O–H groups in total. The zero-order chi connectivity index (χ0) is 15.1. The Labute approximate surface area is 130 Å². The first-order valence-electron chi connectivity index (χ1n) is 7.12. The van der Waals surface area contributed by atoms with Crippen LogP contribution in [0.2, 0.25) is 0 Å². The van der Waals surface area contributed by atoms with E-state index in [1.807, 2.05) is 18.2 Å². The molecule has 0 bridgehead atoms. The number of halogens is 1. The molecule has 0 spiro atoms. The number of nitrogens with one attached hydrogen (secondary N) is 1. The third kappa shape index (κ3) is 4.64. The standard InChI is InChI=1S/C17H20ClNO2/c1-21-16-7-6-14-5-4-13(11-15(14)12-16)8-10-19-17(20)3-2-9-18/h4-7,11-12H,2-3,8-10H2,1H3,(H,19,20). The molecule has 4 heteroatoms. The fraction of sp³-hybridized carbons (Fsp3) is 0.353. The van der Waals surface area contributed by atoms with Crippen LogP contribution in [0, 0.1) is 0 Å². The van der Waals surface area contributed by atoms with E-state index in [1.54, 1.807) is 7.11 Å². The van der Waals surface area contributed by atoms with Gasteiger partial charge in [0, 0.05) is 18.8 Å². The summed E-state index contributed by atoms with van der Waals surface area (Å²) in [4.78, 5) is 11.5. The number of rotatable bonds is 7. The van der Waals surface area contributed by atoms with Gasteiger partial charge in [-0.2, -0.15) is 0 Å². The Morgan fingerprint density at radius 2 is 2.00 bits per heavy atom. The molecule has 2 rings (SSSR count). The van der Waals surface area contributed by atoms with E-state index in [4.69, 9.17) is 16.3 Å². The highest BCUT2D eigenvalue weighted by Crippen LogP contribution is 2.22. The van der Waals surface area contributed by atoms with Gasteiger partial charge in [0.1, 0.15) is 5.75 Å². The largest absolute Gasteiger partial charge is 0.497 e. The van der Waals surface area contributed by atoms with E-state index in [0.717, 1.165) is 24.0 Å². The molecule has 3 nitrogen and oxygen atoms in total.